The van der Waals surface area contributed by atoms with E-state index in [2.05, 4.69) is 29.1 Å². The van der Waals surface area contributed by atoms with Gasteiger partial charge in [-0.3, -0.25) is 0 Å². The van der Waals surface area contributed by atoms with Crippen LogP contribution in [0.25, 0.3) is 0 Å². The van der Waals surface area contributed by atoms with E-state index in [4.69, 9.17) is 11.6 Å². The number of hydrogen-bond donors (Lipinski definition) is 1. The average Bonchev–Trinajstić information content (AvgIpc) is 2.50. The maximum atomic E-state index is 6.07. The molecule has 0 fully saturated rings. The maximum Gasteiger partial charge on any atom is 0.224 e. The fourth-order valence-corrected chi connectivity index (χ4v) is 1.99. The van der Waals surface area contributed by atoms with Crippen molar-refractivity contribution in [3.8, 4) is 0 Å². The van der Waals surface area contributed by atoms with Crippen LogP contribution in [0.3, 0.4) is 0 Å². The summed E-state index contributed by atoms with van der Waals surface area (Å²) < 4.78 is 0. The van der Waals surface area contributed by atoms with Gasteiger partial charge in [0.2, 0.25) is 5.95 Å². The van der Waals surface area contributed by atoms with Crippen LogP contribution in [-0.2, 0) is 12.8 Å². The number of nitrogens with one attached hydrogen (secondary N) is 1. The third kappa shape index (κ3) is 1.82. The molecule has 0 bridgehead atoms. The number of aromatic nitrogens is 2. The molecule has 2 rings (SSSR count). The Kier molecular flexibility index (Phi) is 2.59. The van der Waals surface area contributed by atoms with Gasteiger partial charge in [0, 0.05) is 11.6 Å². The zero-order valence-electron chi connectivity index (χ0n) is 8.47. The minimum absolute atomic E-state index is 0.338. The zero-order valence-corrected chi connectivity index (χ0v) is 9.23. The van der Waals surface area contributed by atoms with Gasteiger partial charge in [-0.1, -0.05) is 11.6 Å². The lowest BCUT2D eigenvalue weighted by atomic mass is 10.3. The highest BCUT2D eigenvalue weighted by molar-refractivity contribution is 6.30. The summed E-state index contributed by atoms with van der Waals surface area (Å²) in [6.45, 7) is 4.12. The quantitative estimate of drug-likeness (QED) is 0.764. The smallest absolute Gasteiger partial charge is 0.224 e. The molecule has 0 unspecified atom stereocenters. The van der Waals surface area contributed by atoms with Crippen LogP contribution in [0, 0.1) is 0 Å². The maximum absolute atomic E-state index is 6.07. The van der Waals surface area contributed by atoms with Crippen LogP contribution in [-0.4, -0.2) is 16.0 Å². The minimum Gasteiger partial charge on any atom is -0.352 e. The van der Waals surface area contributed by atoms with Crippen molar-refractivity contribution in [3.05, 3.63) is 16.4 Å². The molecule has 1 aromatic heterocycles. The molecule has 76 valence electrons. The van der Waals surface area contributed by atoms with Crippen LogP contribution in [0.5, 0.6) is 0 Å². The first-order valence-corrected chi connectivity index (χ1v) is 5.36. The van der Waals surface area contributed by atoms with Crippen LogP contribution in [0.4, 0.5) is 5.95 Å². The van der Waals surface area contributed by atoms with Crippen molar-refractivity contribution < 1.29 is 0 Å². The Hall–Kier alpha value is -0.830. The minimum atomic E-state index is 0.338. The molecule has 0 aromatic carbocycles. The van der Waals surface area contributed by atoms with Gasteiger partial charge in [0.1, 0.15) is 5.15 Å². The SMILES string of the molecule is CC(C)Nc1nc(Cl)c2c(n1)CCC2. The van der Waals surface area contributed by atoms with E-state index in [1.165, 1.54) is 0 Å². The second-order valence-corrected chi connectivity index (χ2v) is 4.27. The van der Waals surface area contributed by atoms with E-state index in [1.807, 2.05) is 0 Å². The number of hydrogen-bond acceptors (Lipinski definition) is 3. The molecule has 1 N–H and O–H groups in total. The summed E-state index contributed by atoms with van der Waals surface area (Å²) in [5.41, 5.74) is 2.26. The van der Waals surface area contributed by atoms with Crippen molar-refractivity contribution in [2.75, 3.05) is 5.32 Å². The molecule has 0 radical (unpaired) electrons. The van der Waals surface area contributed by atoms with Crippen molar-refractivity contribution in [1.82, 2.24) is 9.97 Å². The van der Waals surface area contributed by atoms with Gasteiger partial charge in [-0.2, -0.15) is 0 Å². The molecule has 1 aromatic rings. The highest BCUT2D eigenvalue weighted by Crippen LogP contribution is 2.27. The molecule has 1 heterocycles. The van der Waals surface area contributed by atoms with Gasteiger partial charge in [-0.25, -0.2) is 9.97 Å². The molecule has 0 saturated carbocycles. The highest BCUT2D eigenvalue weighted by Gasteiger charge is 2.18. The average molecular weight is 212 g/mol. The van der Waals surface area contributed by atoms with Crippen LogP contribution < -0.4 is 5.32 Å². The molecular weight excluding hydrogens is 198 g/mol. The van der Waals surface area contributed by atoms with Crippen LogP contribution in [0.1, 0.15) is 31.5 Å². The van der Waals surface area contributed by atoms with Crippen LogP contribution in [0.2, 0.25) is 5.15 Å². The molecule has 0 aliphatic heterocycles. The van der Waals surface area contributed by atoms with E-state index in [0.717, 1.165) is 30.5 Å². The highest BCUT2D eigenvalue weighted by atomic mass is 35.5. The number of fused-ring (bicyclic) bond motifs is 1. The van der Waals surface area contributed by atoms with Crippen molar-refractivity contribution >= 4 is 17.5 Å². The first-order valence-electron chi connectivity index (χ1n) is 4.98. The van der Waals surface area contributed by atoms with Crippen LogP contribution >= 0.6 is 11.6 Å². The molecule has 4 heteroatoms. The Labute approximate surface area is 88.9 Å². The van der Waals surface area contributed by atoms with Gasteiger partial charge in [0.05, 0.1) is 5.69 Å². The van der Waals surface area contributed by atoms with Gasteiger partial charge in [-0.05, 0) is 33.1 Å². The number of halogens is 1. The van der Waals surface area contributed by atoms with E-state index in [-0.39, 0.29) is 0 Å². The lowest BCUT2D eigenvalue weighted by Gasteiger charge is -2.10. The Bertz CT molecular complexity index is 349. The molecular formula is C10H14ClN3. The Balaban J connectivity index is 2.32. The van der Waals surface area contributed by atoms with E-state index in [9.17, 15) is 0 Å². The van der Waals surface area contributed by atoms with Gasteiger partial charge in [0.15, 0.2) is 0 Å². The molecule has 14 heavy (non-hydrogen) atoms. The number of rotatable bonds is 2. The topological polar surface area (TPSA) is 37.8 Å². The molecule has 0 amide bonds. The fraction of sp³-hybridized carbons (Fsp3) is 0.600. The normalized spacial score (nSPS) is 14.6. The molecule has 3 nitrogen and oxygen atoms in total. The standard InChI is InChI=1S/C10H14ClN3/c1-6(2)12-10-13-8-5-3-4-7(8)9(11)14-10/h6H,3-5H2,1-2H3,(H,12,13,14). The van der Waals surface area contributed by atoms with E-state index in [0.29, 0.717) is 17.1 Å². The molecule has 1 aliphatic carbocycles. The van der Waals surface area contributed by atoms with Crippen molar-refractivity contribution in [2.45, 2.75) is 39.2 Å². The number of aryl methyl sites for hydroxylation is 1. The lowest BCUT2D eigenvalue weighted by Crippen LogP contribution is -2.13. The van der Waals surface area contributed by atoms with Gasteiger partial charge >= 0.3 is 0 Å². The summed E-state index contributed by atoms with van der Waals surface area (Å²) in [4.78, 5) is 8.68. The zero-order chi connectivity index (χ0) is 10.1. The fourth-order valence-electron chi connectivity index (χ4n) is 1.71. The Morgan fingerprint density at radius 3 is 2.79 bits per heavy atom. The molecule has 0 saturated heterocycles. The summed E-state index contributed by atoms with van der Waals surface area (Å²) in [5.74, 6) is 0.658. The Morgan fingerprint density at radius 1 is 1.29 bits per heavy atom. The summed E-state index contributed by atoms with van der Waals surface area (Å²) in [6.07, 6.45) is 3.20. The van der Waals surface area contributed by atoms with E-state index >= 15 is 0 Å². The third-order valence-corrected chi connectivity index (χ3v) is 2.61. The van der Waals surface area contributed by atoms with Gasteiger partial charge in [-0.15, -0.1) is 0 Å². The summed E-state index contributed by atoms with van der Waals surface area (Å²) in [5, 5.41) is 3.79. The molecule has 1 aliphatic rings. The van der Waals surface area contributed by atoms with Gasteiger partial charge < -0.3 is 5.32 Å². The van der Waals surface area contributed by atoms with E-state index in [1.54, 1.807) is 0 Å². The van der Waals surface area contributed by atoms with Crippen LogP contribution in [0.15, 0.2) is 0 Å². The van der Waals surface area contributed by atoms with Crippen molar-refractivity contribution in [3.63, 3.8) is 0 Å². The van der Waals surface area contributed by atoms with Crippen molar-refractivity contribution in [2.24, 2.45) is 0 Å². The molecule has 0 spiro atoms. The lowest BCUT2D eigenvalue weighted by molar-refractivity contribution is 0.863. The second-order valence-electron chi connectivity index (χ2n) is 3.92. The molecule has 0 atom stereocenters. The summed E-state index contributed by atoms with van der Waals surface area (Å²) in [6, 6.07) is 0.338. The Morgan fingerprint density at radius 2 is 2.07 bits per heavy atom. The predicted octanol–water partition coefficient (Wildman–Crippen LogP) is 2.44. The first kappa shape index (κ1) is 9.71. The monoisotopic (exact) mass is 211 g/mol. The van der Waals surface area contributed by atoms with Crippen molar-refractivity contribution in [1.29, 1.82) is 0 Å². The second kappa shape index (κ2) is 3.73. The third-order valence-electron chi connectivity index (χ3n) is 2.30. The number of anilines is 1. The van der Waals surface area contributed by atoms with Gasteiger partial charge in [0.25, 0.3) is 0 Å². The predicted molar refractivity (Wildman–Crippen MR) is 57.8 cm³/mol. The first-order chi connectivity index (χ1) is 6.66. The largest absolute Gasteiger partial charge is 0.352 e. The summed E-state index contributed by atoms with van der Waals surface area (Å²) in [7, 11) is 0. The van der Waals surface area contributed by atoms with E-state index < -0.39 is 0 Å². The number of nitrogens with zero attached hydrogens (tertiary/aromatic N) is 2. The summed E-state index contributed by atoms with van der Waals surface area (Å²) >= 11 is 6.07.